The fourth-order valence-corrected chi connectivity index (χ4v) is 3.96. The maximum atomic E-state index is 6.08. The quantitative estimate of drug-likeness (QED) is 0.796. The van der Waals surface area contributed by atoms with Crippen LogP contribution in [0.3, 0.4) is 0 Å². The first kappa shape index (κ1) is 17.1. The maximum Gasteiger partial charge on any atom is 0.205 e. The number of hydrogen-bond donors (Lipinski definition) is 0. The molecule has 0 spiro atoms. The van der Waals surface area contributed by atoms with E-state index >= 15 is 0 Å². The van der Waals surface area contributed by atoms with E-state index in [2.05, 4.69) is 23.1 Å². The molecule has 0 radical (unpaired) electrons. The second-order valence-electron chi connectivity index (χ2n) is 7.10. The molecule has 3 rings (SSSR count). The van der Waals surface area contributed by atoms with Crippen molar-refractivity contribution < 1.29 is 9.47 Å². The number of rotatable bonds is 6. The van der Waals surface area contributed by atoms with Crippen molar-refractivity contribution in [1.82, 2.24) is 9.36 Å². The minimum atomic E-state index is 0.323. The molecule has 5 nitrogen and oxygen atoms in total. The lowest BCUT2D eigenvalue weighted by Gasteiger charge is -2.32. The van der Waals surface area contributed by atoms with Gasteiger partial charge in [0.05, 0.1) is 18.8 Å². The number of ether oxygens (including phenoxy) is 2. The number of nitrogens with zero attached hydrogens (tertiary/aromatic N) is 3. The molecule has 2 aliphatic rings. The van der Waals surface area contributed by atoms with Crippen molar-refractivity contribution in [3.8, 4) is 0 Å². The monoisotopic (exact) mass is 339 g/mol. The van der Waals surface area contributed by atoms with E-state index in [0.29, 0.717) is 18.1 Å². The summed E-state index contributed by atoms with van der Waals surface area (Å²) in [6, 6.07) is 0. The van der Waals surface area contributed by atoms with Gasteiger partial charge >= 0.3 is 0 Å². The van der Waals surface area contributed by atoms with Crippen molar-refractivity contribution in [2.45, 2.75) is 64.6 Å². The lowest BCUT2D eigenvalue weighted by atomic mass is 10.1. The van der Waals surface area contributed by atoms with Crippen LogP contribution >= 0.6 is 11.5 Å². The second-order valence-corrected chi connectivity index (χ2v) is 7.83. The van der Waals surface area contributed by atoms with E-state index in [1.165, 1.54) is 24.4 Å². The zero-order valence-corrected chi connectivity index (χ0v) is 15.2. The van der Waals surface area contributed by atoms with Gasteiger partial charge < -0.3 is 14.4 Å². The molecule has 0 bridgehead atoms. The van der Waals surface area contributed by atoms with Crippen LogP contribution < -0.4 is 4.90 Å². The summed E-state index contributed by atoms with van der Waals surface area (Å²) in [6.07, 6.45) is 7.46. The first-order valence-electron chi connectivity index (χ1n) is 9.01. The number of hydrogen-bond acceptors (Lipinski definition) is 6. The molecule has 2 fully saturated rings. The third-order valence-electron chi connectivity index (χ3n) is 4.55. The lowest BCUT2D eigenvalue weighted by molar-refractivity contribution is -0.0672. The Bertz CT molecular complexity index is 466. The SMILES string of the molecule is CC(C)Cc1nsc(N2CCC(OCC3CCCCO3)CC2)n1. The summed E-state index contributed by atoms with van der Waals surface area (Å²) in [5.74, 6) is 1.60. The van der Waals surface area contributed by atoms with E-state index in [1.54, 1.807) is 0 Å². The molecular formula is C17H29N3O2S. The Morgan fingerprint density at radius 3 is 2.78 bits per heavy atom. The summed E-state index contributed by atoms with van der Waals surface area (Å²) < 4.78 is 16.3. The van der Waals surface area contributed by atoms with Crippen LogP contribution in [0.2, 0.25) is 0 Å². The van der Waals surface area contributed by atoms with Gasteiger partial charge in [-0.15, -0.1) is 0 Å². The van der Waals surface area contributed by atoms with Crippen molar-refractivity contribution in [2.24, 2.45) is 5.92 Å². The van der Waals surface area contributed by atoms with E-state index < -0.39 is 0 Å². The van der Waals surface area contributed by atoms with Crippen molar-refractivity contribution >= 4 is 16.7 Å². The Morgan fingerprint density at radius 1 is 1.26 bits per heavy atom. The number of aromatic nitrogens is 2. The molecule has 1 atom stereocenters. The third-order valence-corrected chi connectivity index (χ3v) is 5.37. The smallest absolute Gasteiger partial charge is 0.205 e. The minimum Gasteiger partial charge on any atom is -0.376 e. The van der Waals surface area contributed by atoms with Gasteiger partial charge in [0.25, 0.3) is 0 Å². The molecule has 2 saturated heterocycles. The molecule has 1 unspecified atom stereocenters. The molecular weight excluding hydrogens is 310 g/mol. The van der Waals surface area contributed by atoms with Gasteiger partial charge in [0.2, 0.25) is 5.13 Å². The minimum absolute atomic E-state index is 0.323. The highest BCUT2D eigenvalue weighted by molar-refractivity contribution is 7.09. The highest BCUT2D eigenvalue weighted by atomic mass is 32.1. The fraction of sp³-hybridized carbons (Fsp3) is 0.882. The largest absolute Gasteiger partial charge is 0.376 e. The van der Waals surface area contributed by atoms with Crippen LogP contribution in [0.5, 0.6) is 0 Å². The molecule has 3 heterocycles. The summed E-state index contributed by atoms with van der Waals surface area (Å²) in [5, 5.41) is 1.08. The van der Waals surface area contributed by atoms with Crippen LogP contribution in [0.15, 0.2) is 0 Å². The Labute approximate surface area is 143 Å². The van der Waals surface area contributed by atoms with E-state index in [-0.39, 0.29) is 0 Å². The van der Waals surface area contributed by atoms with E-state index in [1.807, 2.05) is 0 Å². The summed E-state index contributed by atoms with van der Waals surface area (Å²) in [7, 11) is 0. The van der Waals surface area contributed by atoms with Gasteiger partial charge in [0.15, 0.2) is 0 Å². The lowest BCUT2D eigenvalue weighted by Crippen LogP contribution is -2.38. The molecule has 0 N–H and O–H groups in total. The Kier molecular flexibility index (Phi) is 6.25. The second kappa shape index (κ2) is 8.40. The normalized spacial score (nSPS) is 23.6. The summed E-state index contributed by atoms with van der Waals surface area (Å²) in [5.41, 5.74) is 0. The zero-order valence-electron chi connectivity index (χ0n) is 14.4. The number of anilines is 1. The average molecular weight is 340 g/mol. The molecule has 23 heavy (non-hydrogen) atoms. The van der Waals surface area contributed by atoms with Gasteiger partial charge in [-0.3, -0.25) is 0 Å². The van der Waals surface area contributed by atoms with Crippen LogP contribution in [0.25, 0.3) is 0 Å². The van der Waals surface area contributed by atoms with Crippen LogP contribution in [-0.4, -0.2) is 47.9 Å². The molecule has 0 aliphatic carbocycles. The van der Waals surface area contributed by atoms with Gasteiger partial charge in [0.1, 0.15) is 5.82 Å². The van der Waals surface area contributed by atoms with Gasteiger partial charge in [0, 0.05) is 37.6 Å². The van der Waals surface area contributed by atoms with E-state index in [4.69, 9.17) is 14.5 Å². The molecule has 6 heteroatoms. The molecule has 2 aliphatic heterocycles. The van der Waals surface area contributed by atoms with Gasteiger partial charge in [-0.05, 0) is 38.0 Å². The van der Waals surface area contributed by atoms with Crippen molar-refractivity contribution in [2.75, 3.05) is 31.2 Å². The third kappa shape index (κ3) is 5.13. The Hall–Kier alpha value is -0.720. The average Bonchev–Trinajstić information content (AvgIpc) is 3.02. The van der Waals surface area contributed by atoms with Crippen LogP contribution in [-0.2, 0) is 15.9 Å². The van der Waals surface area contributed by atoms with Gasteiger partial charge in [-0.1, -0.05) is 13.8 Å². The van der Waals surface area contributed by atoms with Crippen LogP contribution in [0.4, 0.5) is 5.13 Å². The highest BCUT2D eigenvalue weighted by Crippen LogP contribution is 2.24. The topological polar surface area (TPSA) is 47.5 Å². The van der Waals surface area contributed by atoms with Gasteiger partial charge in [-0.2, -0.15) is 4.37 Å². The Morgan fingerprint density at radius 2 is 2.09 bits per heavy atom. The molecule has 130 valence electrons. The van der Waals surface area contributed by atoms with Crippen molar-refractivity contribution in [3.63, 3.8) is 0 Å². The molecule has 0 saturated carbocycles. The highest BCUT2D eigenvalue weighted by Gasteiger charge is 2.24. The molecule has 0 amide bonds. The van der Waals surface area contributed by atoms with Crippen molar-refractivity contribution in [3.05, 3.63) is 5.82 Å². The number of piperidine rings is 1. The Balaban J connectivity index is 1.40. The predicted octanol–water partition coefficient (Wildman–Crippen LogP) is 3.29. The van der Waals surface area contributed by atoms with Crippen molar-refractivity contribution in [1.29, 1.82) is 0 Å². The summed E-state index contributed by atoms with van der Waals surface area (Å²) in [6.45, 7) is 8.13. The zero-order chi connectivity index (χ0) is 16.1. The summed E-state index contributed by atoms with van der Waals surface area (Å²) >= 11 is 1.54. The van der Waals surface area contributed by atoms with Gasteiger partial charge in [-0.25, -0.2) is 4.98 Å². The molecule has 1 aromatic rings. The predicted molar refractivity (Wildman–Crippen MR) is 93.2 cm³/mol. The summed E-state index contributed by atoms with van der Waals surface area (Å²) in [4.78, 5) is 7.05. The van der Waals surface area contributed by atoms with Crippen LogP contribution in [0.1, 0.15) is 51.8 Å². The van der Waals surface area contributed by atoms with Crippen LogP contribution in [0, 0.1) is 5.92 Å². The first-order valence-corrected chi connectivity index (χ1v) is 9.79. The molecule has 1 aromatic heterocycles. The first-order chi connectivity index (χ1) is 11.2. The fourth-order valence-electron chi connectivity index (χ4n) is 3.22. The maximum absolute atomic E-state index is 6.08. The standard InChI is InChI=1S/C17H29N3O2S/c1-13(2)11-16-18-17(23-19-16)20-8-6-14(7-9-20)22-12-15-5-3-4-10-21-15/h13-15H,3-12H2,1-2H3. The molecule has 0 aromatic carbocycles. The van der Waals surface area contributed by atoms with E-state index in [9.17, 15) is 0 Å². The van der Waals surface area contributed by atoms with E-state index in [0.717, 1.165) is 62.9 Å².